The summed E-state index contributed by atoms with van der Waals surface area (Å²) < 4.78 is 0. The van der Waals surface area contributed by atoms with Gasteiger partial charge in [0.1, 0.15) is 0 Å². The van der Waals surface area contributed by atoms with E-state index in [1.807, 2.05) is 24.4 Å². The standard InChI is InChI=1S/C6H9NSi/c8-6-4-2-1-3-5-7-6/h1-5,7H,8H3. The molecule has 0 unspecified atom stereocenters. The first-order chi connectivity index (χ1) is 3.89. The third-order valence-corrected chi connectivity index (χ3v) is 1.60. The number of nitrogens with one attached hydrogen (secondary N) is 1. The average Bonchev–Trinajstić information content (AvgIpc) is 1.94. The molecule has 0 bridgehead atoms. The molecule has 0 aromatic carbocycles. The molecule has 0 amide bonds. The van der Waals surface area contributed by atoms with Gasteiger partial charge < -0.3 is 5.32 Å². The van der Waals surface area contributed by atoms with E-state index in [2.05, 4.69) is 11.4 Å². The Hall–Kier alpha value is -0.763. The Labute approximate surface area is 52.2 Å². The topological polar surface area (TPSA) is 12.0 Å². The Kier molecular flexibility index (Phi) is 1.69. The maximum absolute atomic E-state index is 3.12. The summed E-state index contributed by atoms with van der Waals surface area (Å²) in [5.41, 5.74) is 0. The smallest absolute Gasteiger partial charge is 0.0592 e. The van der Waals surface area contributed by atoms with Crippen molar-refractivity contribution in [3.05, 3.63) is 35.8 Å². The van der Waals surface area contributed by atoms with Gasteiger partial charge in [0.25, 0.3) is 0 Å². The molecule has 0 fully saturated rings. The lowest BCUT2D eigenvalue weighted by atomic mass is 10.5. The van der Waals surface area contributed by atoms with Gasteiger partial charge in [-0.3, -0.25) is 0 Å². The Morgan fingerprint density at radius 3 is 3.00 bits per heavy atom. The van der Waals surface area contributed by atoms with E-state index in [1.165, 1.54) is 5.32 Å². The second-order valence-corrected chi connectivity index (χ2v) is 2.82. The van der Waals surface area contributed by atoms with E-state index in [1.54, 1.807) is 0 Å². The van der Waals surface area contributed by atoms with Crippen LogP contribution in [0.3, 0.4) is 0 Å². The lowest BCUT2D eigenvalue weighted by Gasteiger charge is -1.93. The highest BCUT2D eigenvalue weighted by Gasteiger charge is 1.80. The van der Waals surface area contributed by atoms with Crippen molar-refractivity contribution in [2.24, 2.45) is 0 Å². The van der Waals surface area contributed by atoms with Crippen molar-refractivity contribution in [2.75, 3.05) is 0 Å². The minimum absolute atomic E-state index is 1.10. The lowest BCUT2D eigenvalue weighted by Crippen LogP contribution is -2.02. The molecule has 2 heteroatoms. The van der Waals surface area contributed by atoms with Crippen LogP contribution >= 0.6 is 0 Å². The maximum atomic E-state index is 3.12. The fourth-order valence-electron chi connectivity index (χ4n) is 0.547. The summed E-state index contributed by atoms with van der Waals surface area (Å²) >= 11 is 0. The molecule has 1 heterocycles. The van der Waals surface area contributed by atoms with Crippen LogP contribution in [0.25, 0.3) is 0 Å². The van der Waals surface area contributed by atoms with Crippen molar-refractivity contribution in [1.82, 2.24) is 5.32 Å². The third kappa shape index (κ3) is 1.39. The molecule has 0 saturated carbocycles. The van der Waals surface area contributed by atoms with Gasteiger partial charge in [0, 0.05) is 6.20 Å². The summed E-state index contributed by atoms with van der Waals surface area (Å²) in [5.74, 6) is 0. The monoisotopic (exact) mass is 123 g/mol. The Balaban J connectivity index is 2.69. The van der Waals surface area contributed by atoms with E-state index in [0.29, 0.717) is 0 Å². The van der Waals surface area contributed by atoms with Gasteiger partial charge in [0.15, 0.2) is 0 Å². The van der Waals surface area contributed by atoms with Gasteiger partial charge in [-0.25, -0.2) is 0 Å². The zero-order chi connectivity index (χ0) is 5.82. The molecule has 0 aromatic rings. The second kappa shape index (κ2) is 2.52. The van der Waals surface area contributed by atoms with Gasteiger partial charge in [0.05, 0.1) is 10.2 Å². The third-order valence-electron chi connectivity index (χ3n) is 0.976. The first kappa shape index (κ1) is 5.38. The summed E-state index contributed by atoms with van der Waals surface area (Å²) in [6.07, 6.45) is 10.1. The van der Waals surface area contributed by atoms with Gasteiger partial charge in [0.2, 0.25) is 0 Å². The molecule has 42 valence electrons. The Bertz CT molecular complexity index is 156. The van der Waals surface area contributed by atoms with Gasteiger partial charge >= 0.3 is 0 Å². The molecular formula is C6H9NSi. The fourth-order valence-corrected chi connectivity index (χ4v) is 0.906. The van der Waals surface area contributed by atoms with Gasteiger partial charge in [-0.2, -0.15) is 0 Å². The van der Waals surface area contributed by atoms with Crippen LogP contribution in [0.5, 0.6) is 0 Å². The number of rotatable bonds is 0. The summed E-state index contributed by atoms with van der Waals surface area (Å²) in [5, 5.41) is 4.44. The van der Waals surface area contributed by atoms with Crippen molar-refractivity contribution in [2.45, 2.75) is 0 Å². The normalized spacial score (nSPS) is 17.2. The maximum Gasteiger partial charge on any atom is 0.0592 e. The molecule has 1 rings (SSSR count). The summed E-state index contributed by atoms with van der Waals surface area (Å²) in [6.45, 7) is 0. The number of hydrogen-bond donors (Lipinski definition) is 1. The Morgan fingerprint density at radius 1 is 1.25 bits per heavy atom. The molecule has 0 aromatic heterocycles. The molecule has 1 nitrogen and oxygen atoms in total. The van der Waals surface area contributed by atoms with Gasteiger partial charge in [-0.15, -0.1) is 0 Å². The lowest BCUT2D eigenvalue weighted by molar-refractivity contribution is 1.17. The van der Waals surface area contributed by atoms with Crippen molar-refractivity contribution >= 4 is 10.2 Å². The highest BCUT2D eigenvalue weighted by molar-refractivity contribution is 6.21. The van der Waals surface area contributed by atoms with Crippen LogP contribution in [-0.2, 0) is 0 Å². The predicted molar refractivity (Wildman–Crippen MR) is 39.4 cm³/mol. The molecular weight excluding hydrogens is 114 g/mol. The van der Waals surface area contributed by atoms with Crippen molar-refractivity contribution in [1.29, 1.82) is 0 Å². The molecule has 1 aliphatic rings. The van der Waals surface area contributed by atoms with E-state index < -0.39 is 0 Å². The van der Waals surface area contributed by atoms with Crippen molar-refractivity contribution in [3.63, 3.8) is 0 Å². The van der Waals surface area contributed by atoms with E-state index >= 15 is 0 Å². The minimum atomic E-state index is 1.10. The molecule has 1 N–H and O–H groups in total. The van der Waals surface area contributed by atoms with Gasteiger partial charge in [-0.1, -0.05) is 12.2 Å². The summed E-state index contributed by atoms with van der Waals surface area (Å²) in [6, 6.07) is 0. The molecule has 1 aliphatic heterocycles. The quantitative estimate of drug-likeness (QED) is 0.442. The van der Waals surface area contributed by atoms with E-state index in [9.17, 15) is 0 Å². The molecule has 0 spiro atoms. The highest BCUT2D eigenvalue weighted by Crippen LogP contribution is 1.88. The van der Waals surface area contributed by atoms with E-state index in [-0.39, 0.29) is 0 Å². The zero-order valence-corrected chi connectivity index (χ0v) is 6.89. The largest absolute Gasteiger partial charge is 0.370 e. The molecule has 8 heavy (non-hydrogen) atoms. The molecule has 0 radical (unpaired) electrons. The summed E-state index contributed by atoms with van der Waals surface area (Å²) in [4.78, 5) is 0. The molecule has 0 atom stereocenters. The molecule has 0 saturated heterocycles. The van der Waals surface area contributed by atoms with Crippen LogP contribution in [0.1, 0.15) is 0 Å². The van der Waals surface area contributed by atoms with Crippen LogP contribution in [0, 0.1) is 0 Å². The fraction of sp³-hybridized carbons (Fsp3) is 0. The van der Waals surface area contributed by atoms with Crippen molar-refractivity contribution < 1.29 is 0 Å². The number of hydrogen-bond acceptors (Lipinski definition) is 1. The summed E-state index contributed by atoms with van der Waals surface area (Å²) in [7, 11) is 1.10. The predicted octanol–water partition coefficient (Wildman–Crippen LogP) is -0.134. The average molecular weight is 123 g/mol. The SMILES string of the molecule is [SiH3]C1=CC=CC=CN1. The first-order valence-corrected chi connectivity index (χ1v) is 3.66. The van der Waals surface area contributed by atoms with Crippen molar-refractivity contribution in [3.8, 4) is 0 Å². The second-order valence-electron chi connectivity index (χ2n) is 1.74. The highest BCUT2D eigenvalue weighted by atomic mass is 28.1. The van der Waals surface area contributed by atoms with Crippen LogP contribution in [0.15, 0.2) is 35.8 Å². The van der Waals surface area contributed by atoms with Crippen LogP contribution in [0.4, 0.5) is 0 Å². The van der Waals surface area contributed by atoms with Crippen LogP contribution < -0.4 is 5.32 Å². The minimum Gasteiger partial charge on any atom is -0.370 e. The van der Waals surface area contributed by atoms with Gasteiger partial charge in [-0.05, 0) is 17.5 Å². The van der Waals surface area contributed by atoms with Crippen LogP contribution in [-0.4, -0.2) is 10.2 Å². The van der Waals surface area contributed by atoms with E-state index in [0.717, 1.165) is 10.2 Å². The Morgan fingerprint density at radius 2 is 2.12 bits per heavy atom. The van der Waals surface area contributed by atoms with Crippen LogP contribution in [0.2, 0.25) is 0 Å². The van der Waals surface area contributed by atoms with E-state index in [4.69, 9.17) is 0 Å². The number of allylic oxidation sites excluding steroid dienone is 4. The zero-order valence-electron chi connectivity index (χ0n) is 4.89. The molecule has 0 aliphatic carbocycles. The first-order valence-electron chi connectivity index (χ1n) is 2.66.